The molecular formula is C16H24FNO. The molecule has 106 valence electrons. The molecule has 0 radical (unpaired) electrons. The summed E-state index contributed by atoms with van der Waals surface area (Å²) < 4.78 is 19.0. The fraction of sp³-hybridized carbons (Fsp3) is 0.625. The van der Waals surface area contributed by atoms with Gasteiger partial charge < -0.3 is 10.1 Å². The maximum atomic E-state index is 14.0. The molecule has 1 fully saturated rings. The molecule has 1 aliphatic carbocycles. The molecule has 0 spiro atoms. The highest BCUT2D eigenvalue weighted by Crippen LogP contribution is 2.34. The Labute approximate surface area is 115 Å². The van der Waals surface area contributed by atoms with Crippen LogP contribution in [-0.4, -0.2) is 13.2 Å². The van der Waals surface area contributed by atoms with Crippen molar-refractivity contribution in [3.63, 3.8) is 0 Å². The predicted molar refractivity (Wildman–Crippen MR) is 75.8 cm³/mol. The van der Waals surface area contributed by atoms with Crippen LogP contribution in [0.25, 0.3) is 0 Å². The highest BCUT2D eigenvalue weighted by atomic mass is 19.1. The molecule has 0 bridgehead atoms. The van der Waals surface area contributed by atoms with Crippen molar-refractivity contribution in [2.75, 3.05) is 7.11 Å². The summed E-state index contributed by atoms with van der Waals surface area (Å²) in [6.45, 7) is 5.14. The van der Waals surface area contributed by atoms with Crippen LogP contribution in [0.15, 0.2) is 18.2 Å². The second kappa shape index (κ2) is 6.38. The van der Waals surface area contributed by atoms with E-state index in [1.807, 2.05) is 12.1 Å². The van der Waals surface area contributed by atoms with Crippen LogP contribution in [0.5, 0.6) is 5.75 Å². The Morgan fingerprint density at radius 3 is 2.79 bits per heavy atom. The van der Waals surface area contributed by atoms with Crippen molar-refractivity contribution in [2.45, 2.75) is 45.7 Å². The fourth-order valence-corrected chi connectivity index (χ4v) is 3.20. The standard InChI is InChI=1S/C16H24FNO/c1-4-12-8-9-14(11(12)2)18-10-13-6-5-7-15(19-3)16(13)17/h5-7,11-12,14,18H,4,8-10H2,1-3H3. The van der Waals surface area contributed by atoms with Gasteiger partial charge in [-0.2, -0.15) is 0 Å². The zero-order chi connectivity index (χ0) is 13.8. The van der Waals surface area contributed by atoms with Crippen LogP contribution in [0.1, 0.15) is 38.7 Å². The first-order valence-corrected chi connectivity index (χ1v) is 7.22. The summed E-state index contributed by atoms with van der Waals surface area (Å²) in [4.78, 5) is 0. The van der Waals surface area contributed by atoms with Gasteiger partial charge in [0.2, 0.25) is 0 Å². The van der Waals surface area contributed by atoms with Crippen molar-refractivity contribution >= 4 is 0 Å². The minimum atomic E-state index is -0.241. The summed E-state index contributed by atoms with van der Waals surface area (Å²) in [5, 5.41) is 3.51. The monoisotopic (exact) mass is 265 g/mol. The van der Waals surface area contributed by atoms with Gasteiger partial charge in [0.1, 0.15) is 0 Å². The first kappa shape index (κ1) is 14.3. The first-order valence-electron chi connectivity index (χ1n) is 7.22. The van der Waals surface area contributed by atoms with E-state index in [1.165, 1.54) is 26.4 Å². The minimum absolute atomic E-state index is 0.241. The molecule has 19 heavy (non-hydrogen) atoms. The maximum Gasteiger partial charge on any atom is 0.169 e. The van der Waals surface area contributed by atoms with E-state index in [-0.39, 0.29) is 5.82 Å². The summed E-state index contributed by atoms with van der Waals surface area (Å²) in [6.07, 6.45) is 3.73. The third-order valence-electron chi connectivity index (χ3n) is 4.57. The molecule has 1 aromatic rings. The number of ether oxygens (including phenoxy) is 1. The van der Waals surface area contributed by atoms with Gasteiger partial charge in [0.05, 0.1) is 7.11 Å². The Kier molecular flexibility index (Phi) is 4.81. The summed E-state index contributed by atoms with van der Waals surface area (Å²) in [7, 11) is 1.50. The zero-order valence-electron chi connectivity index (χ0n) is 12.1. The molecule has 0 aliphatic heterocycles. The second-order valence-corrected chi connectivity index (χ2v) is 5.53. The molecule has 1 N–H and O–H groups in total. The van der Waals surface area contributed by atoms with Crippen LogP contribution in [0.3, 0.4) is 0 Å². The average molecular weight is 265 g/mol. The highest BCUT2D eigenvalue weighted by Gasteiger charge is 2.31. The van der Waals surface area contributed by atoms with E-state index >= 15 is 0 Å². The molecule has 0 aromatic heterocycles. The van der Waals surface area contributed by atoms with Crippen molar-refractivity contribution < 1.29 is 9.13 Å². The summed E-state index contributed by atoms with van der Waals surface area (Å²) in [6, 6.07) is 5.83. The number of hydrogen-bond acceptors (Lipinski definition) is 2. The number of methoxy groups -OCH3 is 1. The molecule has 0 heterocycles. The molecule has 3 atom stereocenters. The molecule has 3 heteroatoms. The highest BCUT2D eigenvalue weighted by molar-refractivity contribution is 5.31. The zero-order valence-corrected chi connectivity index (χ0v) is 12.1. The van der Waals surface area contributed by atoms with Crippen LogP contribution < -0.4 is 10.1 Å². The van der Waals surface area contributed by atoms with Crippen LogP contribution in [0, 0.1) is 17.7 Å². The molecule has 1 aliphatic rings. The SMILES string of the molecule is CCC1CCC(NCc2cccc(OC)c2F)C1C. The van der Waals surface area contributed by atoms with Gasteiger partial charge in [0.15, 0.2) is 11.6 Å². The third-order valence-corrected chi connectivity index (χ3v) is 4.57. The third kappa shape index (κ3) is 3.08. The summed E-state index contributed by atoms with van der Waals surface area (Å²) >= 11 is 0. The molecule has 2 rings (SSSR count). The van der Waals surface area contributed by atoms with E-state index < -0.39 is 0 Å². The molecule has 3 unspecified atom stereocenters. The average Bonchev–Trinajstić information content (AvgIpc) is 2.78. The number of halogens is 1. The Hall–Kier alpha value is -1.09. The van der Waals surface area contributed by atoms with Gasteiger partial charge in [0, 0.05) is 18.2 Å². The van der Waals surface area contributed by atoms with Crippen LogP contribution in [-0.2, 0) is 6.54 Å². The lowest BCUT2D eigenvalue weighted by atomic mass is 9.93. The van der Waals surface area contributed by atoms with Crippen molar-refractivity contribution in [2.24, 2.45) is 11.8 Å². The van der Waals surface area contributed by atoms with E-state index in [9.17, 15) is 4.39 Å². The second-order valence-electron chi connectivity index (χ2n) is 5.53. The Balaban J connectivity index is 1.96. The van der Waals surface area contributed by atoms with Gasteiger partial charge in [-0.05, 0) is 30.7 Å². The molecule has 1 aromatic carbocycles. The van der Waals surface area contributed by atoms with Gasteiger partial charge in [0.25, 0.3) is 0 Å². The van der Waals surface area contributed by atoms with Crippen LogP contribution in [0.2, 0.25) is 0 Å². The van der Waals surface area contributed by atoms with E-state index in [0.29, 0.717) is 29.8 Å². The first-order chi connectivity index (χ1) is 9.17. The topological polar surface area (TPSA) is 21.3 Å². The van der Waals surface area contributed by atoms with E-state index in [4.69, 9.17) is 4.74 Å². The summed E-state index contributed by atoms with van der Waals surface area (Å²) in [5.74, 6) is 1.58. The lowest BCUT2D eigenvalue weighted by molar-refractivity contribution is 0.341. The van der Waals surface area contributed by atoms with Crippen LogP contribution in [0.4, 0.5) is 4.39 Å². The number of nitrogens with one attached hydrogen (secondary N) is 1. The van der Waals surface area contributed by atoms with Gasteiger partial charge in [-0.3, -0.25) is 0 Å². The normalized spacial score (nSPS) is 26.6. The van der Waals surface area contributed by atoms with E-state index in [1.54, 1.807) is 6.07 Å². The van der Waals surface area contributed by atoms with E-state index in [2.05, 4.69) is 19.2 Å². The smallest absolute Gasteiger partial charge is 0.169 e. The lowest BCUT2D eigenvalue weighted by Crippen LogP contribution is -2.32. The van der Waals surface area contributed by atoms with Crippen molar-refractivity contribution in [3.8, 4) is 5.75 Å². The van der Waals surface area contributed by atoms with Crippen molar-refractivity contribution in [3.05, 3.63) is 29.6 Å². The van der Waals surface area contributed by atoms with Crippen LogP contribution >= 0.6 is 0 Å². The molecule has 1 saturated carbocycles. The number of benzene rings is 1. The number of hydrogen-bond donors (Lipinski definition) is 1. The van der Waals surface area contributed by atoms with Gasteiger partial charge in [-0.1, -0.05) is 32.4 Å². The lowest BCUT2D eigenvalue weighted by Gasteiger charge is -2.21. The van der Waals surface area contributed by atoms with E-state index in [0.717, 1.165) is 5.92 Å². The Morgan fingerprint density at radius 1 is 1.37 bits per heavy atom. The minimum Gasteiger partial charge on any atom is -0.494 e. The van der Waals surface area contributed by atoms with Gasteiger partial charge in [-0.15, -0.1) is 0 Å². The van der Waals surface area contributed by atoms with Gasteiger partial charge in [-0.25, -0.2) is 4.39 Å². The number of rotatable bonds is 5. The van der Waals surface area contributed by atoms with Crippen molar-refractivity contribution in [1.29, 1.82) is 0 Å². The quantitative estimate of drug-likeness (QED) is 0.875. The predicted octanol–water partition coefficient (Wildman–Crippen LogP) is 3.75. The fourth-order valence-electron chi connectivity index (χ4n) is 3.20. The molecule has 0 amide bonds. The molecule has 2 nitrogen and oxygen atoms in total. The molecule has 0 saturated heterocycles. The Morgan fingerprint density at radius 2 is 2.16 bits per heavy atom. The maximum absolute atomic E-state index is 14.0. The molecular weight excluding hydrogens is 241 g/mol. The largest absolute Gasteiger partial charge is 0.494 e. The Bertz CT molecular complexity index is 421. The van der Waals surface area contributed by atoms with Gasteiger partial charge >= 0.3 is 0 Å². The van der Waals surface area contributed by atoms with Crippen molar-refractivity contribution in [1.82, 2.24) is 5.32 Å². The summed E-state index contributed by atoms with van der Waals surface area (Å²) in [5.41, 5.74) is 0.687.